The molecular weight excluding hydrogens is 1180 g/mol. The third-order valence-electron chi connectivity index (χ3n) is 17.6. The van der Waals surface area contributed by atoms with Crippen LogP contribution < -0.4 is 19.6 Å². The summed E-state index contributed by atoms with van der Waals surface area (Å²) in [5.41, 5.74) is 25.0. The van der Waals surface area contributed by atoms with Crippen LogP contribution in [0.25, 0.3) is 75.8 Å². The lowest BCUT2D eigenvalue weighted by atomic mass is 10.0. The van der Waals surface area contributed by atoms with E-state index in [4.69, 9.17) is 0 Å². The summed E-state index contributed by atoms with van der Waals surface area (Å²) in [6.45, 7) is 0. The molecule has 6 heteroatoms. The molecule has 16 rings (SSSR count). The molecule has 94 heavy (non-hydrogen) atoms. The molecule has 2 heterocycles. The van der Waals surface area contributed by atoms with E-state index >= 15 is 0 Å². The molecule has 0 unspecified atom stereocenters. The summed E-state index contributed by atoms with van der Waals surface area (Å²) >= 11 is 3.59. The fraction of sp³-hybridized carbons (Fsp3) is 0. The van der Waals surface area contributed by atoms with Crippen molar-refractivity contribution in [3.8, 4) is 55.6 Å². The van der Waals surface area contributed by atoms with E-state index in [1.807, 2.05) is 0 Å². The number of hydrogen-bond acceptors (Lipinski definition) is 6. The molecule has 0 aliphatic carbocycles. The summed E-state index contributed by atoms with van der Waals surface area (Å²) in [4.78, 5) is 9.32. The van der Waals surface area contributed by atoms with Crippen molar-refractivity contribution in [2.24, 2.45) is 0 Å². The highest BCUT2D eigenvalue weighted by atomic mass is 32.1. The number of rotatable bonds is 17. The van der Waals surface area contributed by atoms with Gasteiger partial charge in [-0.1, -0.05) is 206 Å². The molecule has 0 bridgehead atoms. The highest BCUT2D eigenvalue weighted by Gasteiger charge is 2.19. The van der Waals surface area contributed by atoms with Gasteiger partial charge in [-0.2, -0.15) is 0 Å². The molecule has 2 aromatic heterocycles. The van der Waals surface area contributed by atoms with Crippen LogP contribution in [-0.2, 0) is 0 Å². The van der Waals surface area contributed by atoms with E-state index in [0.29, 0.717) is 0 Å². The van der Waals surface area contributed by atoms with Gasteiger partial charge < -0.3 is 19.6 Å². The molecule has 0 aliphatic rings. The quantitative estimate of drug-likeness (QED) is 0.0901. The van der Waals surface area contributed by atoms with Crippen LogP contribution in [0.3, 0.4) is 0 Å². The predicted molar refractivity (Wildman–Crippen MR) is 403 cm³/mol. The Morgan fingerprint density at radius 3 is 0.532 bits per heavy atom. The summed E-state index contributed by atoms with van der Waals surface area (Å²) < 4.78 is 2.61. The number of para-hydroxylation sites is 4. The lowest BCUT2D eigenvalue weighted by Gasteiger charge is -2.27. The van der Waals surface area contributed by atoms with Crippen LogP contribution in [0, 0.1) is 0 Å². The molecular formula is C88H62N4S2. The van der Waals surface area contributed by atoms with Crippen LogP contribution >= 0.6 is 22.7 Å². The standard InChI is InChI=1S/C88H62N4S2/c1-5-17-71(18-6-1)89(77-49-33-65(34-50-77)67-37-53-79(54-38-67)91(73-21-9-3-10-22-73)81-57-41-69(42-58-81)85-61-93-87-27-15-13-25-83(85)87)75-45-29-63(30-46-75)64-31-47-76(48-32-64)90(72-19-7-2-8-20-72)78-51-35-66(36-52-78)68-39-55-80(56-40-68)92(74-23-11-4-12-24-74)82-59-43-70(44-60-82)86-62-94-88-28-16-14-26-84(86)88/h1-62H. The highest BCUT2D eigenvalue weighted by Crippen LogP contribution is 2.44. The minimum atomic E-state index is 1.08. The summed E-state index contributed by atoms with van der Waals surface area (Å²) in [6.07, 6.45) is 0. The number of thiophene rings is 2. The van der Waals surface area contributed by atoms with Crippen molar-refractivity contribution in [1.29, 1.82) is 0 Å². The second kappa shape index (κ2) is 25.8. The van der Waals surface area contributed by atoms with E-state index in [0.717, 1.165) is 102 Å². The monoisotopic (exact) mass is 1240 g/mol. The zero-order valence-electron chi connectivity index (χ0n) is 51.4. The number of hydrogen-bond donors (Lipinski definition) is 0. The smallest absolute Gasteiger partial charge is 0.0462 e. The zero-order valence-corrected chi connectivity index (χ0v) is 53.0. The van der Waals surface area contributed by atoms with Gasteiger partial charge in [-0.05, 0) is 213 Å². The third-order valence-corrected chi connectivity index (χ3v) is 19.6. The Bertz CT molecular complexity index is 4840. The first-order valence-corrected chi connectivity index (χ1v) is 33.5. The molecule has 0 fully saturated rings. The van der Waals surface area contributed by atoms with Crippen molar-refractivity contribution in [2.75, 3.05) is 19.6 Å². The first kappa shape index (κ1) is 57.4. The van der Waals surface area contributed by atoms with Crippen molar-refractivity contribution < 1.29 is 0 Å². The van der Waals surface area contributed by atoms with Gasteiger partial charge in [-0.15, -0.1) is 22.7 Å². The van der Waals surface area contributed by atoms with Gasteiger partial charge in [0.25, 0.3) is 0 Å². The maximum absolute atomic E-state index is 2.33. The molecule has 0 N–H and O–H groups in total. The average molecular weight is 1240 g/mol. The maximum atomic E-state index is 2.33. The molecule has 0 radical (unpaired) electrons. The zero-order chi connectivity index (χ0) is 62.6. The van der Waals surface area contributed by atoms with E-state index in [1.54, 1.807) is 22.7 Å². The van der Waals surface area contributed by atoms with E-state index in [1.165, 1.54) is 42.4 Å². The molecule has 0 saturated heterocycles. The molecule has 0 aliphatic heterocycles. The molecule has 4 nitrogen and oxygen atoms in total. The van der Waals surface area contributed by atoms with Gasteiger partial charge in [-0.3, -0.25) is 0 Å². The van der Waals surface area contributed by atoms with Gasteiger partial charge >= 0.3 is 0 Å². The fourth-order valence-electron chi connectivity index (χ4n) is 12.9. The van der Waals surface area contributed by atoms with Gasteiger partial charge in [0.1, 0.15) is 0 Å². The Kier molecular flexibility index (Phi) is 15.8. The Balaban J connectivity index is 0.621. The van der Waals surface area contributed by atoms with Crippen LogP contribution in [0.15, 0.2) is 375 Å². The SMILES string of the molecule is c1ccc(N(c2ccc(-c3ccc(N(c4ccccc4)c4ccc(-c5ccc(N(c6ccccc6)c6ccc(-c7csc8ccccc78)cc6)cc5)cc4)cc3)cc2)c2ccc(-c3ccc(N(c4ccccc4)c4ccc(-c5csc6ccccc56)cc4)cc3)cc2)cc1. The number of anilines is 12. The van der Waals surface area contributed by atoms with Crippen molar-refractivity contribution in [3.05, 3.63) is 375 Å². The Morgan fingerprint density at radius 1 is 0.149 bits per heavy atom. The molecule has 446 valence electrons. The second-order valence-corrected chi connectivity index (χ2v) is 25.2. The maximum Gasteiger partial charge on any atom is 0.0462 e. The first-order chi connectivity index (χ1) is 46.6. The van der Waals surface area contributed by atoms with Crippen molar-refractivity contribution in [3.63, 3.8) is 0 Å². The number of benzene rings is 14. The third kappa shape index (κ3) is 11.6. The first-order valence-electron chi connectivity index (χ1n) is 31.8. The van der Waals surface area contributed by atoms with E-state index in [-0.39, 0.29) is 0 Å². The molecule has 16 aromatic rings. The van der Waals surface area contributed by atoms with Crippen molar-refractivity contribution in [2.45, 2.75) is 0 Å². The minimum absolute atomic E-state index is 1.08. The molecule has 0 atom stereocenters. The summed E-state index contributed by atoms with van der Waals surface area (Å²) in [5.74, 6) is 0. The van der Waals surface area contributed by atoms with Crippen LogP contribution in [0.1, 0.15) is 0 Å². The normalized spacial score (nSPS) is 11.2. The fourth-order valence-corrected chi connectivity index (χ4v) is 14.8. The number of fused-ring (bicyclic) bond motifs is 2. The largest absolute Gasteiger partial charge is 0.311 e. The Hall–Kier alpha value is -11.8. The highest BCUT2D eigenvalue weighted by molar-refractivity contribution is 7.18. The topological polar surface area (TPSA) is 13.0 Å². The van der Waals surface area contributed by atoms with Gasteiger partial charge in [0.05, 0.1) is 0 Å². The summed E-state index contributed by atoms with van der Waals surface area (Å²) in [5, 5.41) is 7.13. The number of nitrogens with zero attached hydrogens (tertiary/aromatic N) is 4. The van der Waals surface area contributed by atoms with Crippen LogP contribution in [0.4, 0.5) is 68.2 Å². The molecule has 0 spiro atoms. The molecule has 0 saturated carbocycles. The van der Waals surface area contributed by atoms with Crippen LogP contribution in [0.5, 0.6) is 0 Å². The van der Waals surface area contributed by atoms with E-state index in [2.05, 4.69) is 394 Å². The lowest BCUT2D eigenvalue weighted by Crippen LogP contribution is -2.10. The summed E-state index contributed by atoms with van der Waals surface area (Å²) in [7, 11) is 0. The Labute approximate surface area is 557 Å². The lowest BCUT2D eigenvalue weighted by molar-refractivity contribution is 1.28. The molecule has 0 amide bonds. The van der Waals surface area contributed by atoms with Crippen molar-refractivity contribution >= 4 is 111 Å². The van der Waals surface area contributed by atoms with Crippen molar-refractivity contribution in [1.82, 2.24) is 0 Å². The van der Waals surface area contributed by atoms with Gasteiger partial charge in [-0.25, -0.2) is 0 Å². The van der Waals surface area contributed by atoms with Gasteiger partial charge in [0.2, 0.25) is 0 Å². The second-order valence-electron chi connectivity index (χ2n) is 23.3. The Morgan fingerprint density at radius 2 is 0.319 bits per heavy atom. The minimum Gasteiger partial charge on any atom is -0.311 e. The van der Waals surface area contributed by atoms with Gasteiger partial charge in [0, 0.05) is 99.5 Å². The average Bonchev–Trinajstić information content (AvgIpc) is 1.26. The van der Waals surface area contributed by atoms with Gasteiger partial charge in [0.15, 0.2) is 0 Å². The van der Waals surface area contributed by atoms with E-state index < -0.39 is 0 Å². The van der Waals surface area contributed by atoms with E-state index in [9.17, 15) is 0 Å². The predicted octanol–water partition coefficient (Wildman–Crippen LogP) is 26.3. The summed E-state index contributed by atoms with van der Waals surface area (Å²) in [6, 6.07) is 131. The molecule has 14 aromatic carbocycles. The van der Waals surface area contributed by atoms with Crippen LogP contribution in [0.2, 0.25) is 0 Å². The van der Waals surface area contributed by atoms with Crippen LogP contribution in [-0.4, -0.2) is 0 Å².